The number of methoxy groups -OCH3 is 1. The van der Waals surface area contributed by atoms with Crippen LogP contribution in [0.25, 0.3) is 0 Å². The quantitative estimate of drug-likeness (QED) is 0.644. The molecule has 3 atom stereocenters. The maximum absolute atomic E-state index is 12.6. The molecule has 2 fully saturated rings. The summed E-state index contributed by atoms with van der Waals surface area (Å²) in [5.74, 6) is -2.23. The van der Waals surface area contributed by atoms with Crippen LogP contribution in [-0.4, -0.2) is 74.1 Å². The fraction of sp³-hybridized carbons (Fsp3) is 0.684. The highest BCUT2D eigenvalue weighted by atomic mass is 32.1. The number of nitrogens with zero attached hydrogens (tertiary/aromatic N) is 1. The summed E-state index contributed by atoms with van der Waals surface area (Å²) < 4.78 is 42.7. The van der Waals surface area contributed by atoms with Crippen LogP contribution in [-0.2, 0) is 25.6 Å². The maximum atomic E-state index is 12.6. The Bertz CT molecular complexity index is 713. The van der Waals surface area contributed by atoms with E-state index in [1.54, 1.807) is 18.4 Å². The Kier molecular flexibility index (Phi) is 9.08. The van der Waals surface area contributed by atoms with E-state index in [1.165, 1.54) is 10.4 Å². The first-order valence-corrected chi connectivity index (χ1v) is 10.4. The zero-order chi connectivity index (χ0) is 22.3. The Morgan fingerprint density at radius 1 is 1.40 bits per heavy atom. The molecule has 0 radical (unpaired) electrons. The largest absolute Gasteiger partial charge is 0.490 e. The van der Waals surface area contributed by atoms with Gasteiger partial charge >= 0.3 is 12.1 Å². The molecule has 2 saturated heterocycles. The Balaban J connectivity index is 0.000000396. The highest BCUT2D eigenvalue weighted by molar-refractivity contribution is 7.10. The number of fused-ring (bicyclic) bond motifs is 1. The van der Waals surface area contributed by atoms with Gasteiger partial charge in [-0.25, -0.2) is 4.79 Å². The van der Waals surface area contributed by atoms with Gasteiger partial charge in [-0.15, -0.1) is 11.3 Å². The first-order chi connectivity index (χ1) is 14.1. The molecule has 3 heterocycles. The van der Waals surface area contributed by atoms with Crippen LogP contribution >= 0.6 is 11.3 Å². The number of piperidine rings is 1. The molecule has 1 aromatic rings. The number of aliphatic carboxylic acids is 1. The lowest BCUT2D eigenvalue weighted by atomic mass is 9.82. The van der Waals surface area contributed by atoms with Gasteiger partial charge in [0.15, 0.2) is 0 Å². The van der Waals surface area contributed by atoms with E-state index in [0.717, 1.165) is 32.7 Å². The summed E-state index contributed by atoms with van der Waals surface area (Å²) in [6.45, 7) is 6.74. The van der Waals surface area contributed by atoms with Crippen LogP contribution in [0.15, 0.2) is 11.4 Å². The van der Waals surface area contributed by atoms with Crippen LogP contribution in [0.4, 0.5) is 13.2 Å². The number of halogens is 3. The maximum Gasteiger partial charge on any atom is 0.490 e. The predicted molar refractivity (Wildman–Crippen MR) is 104 cm³/mol. The first-order valence-electron chi connectivity index (χ1n) is 9.57. The van der Waals surface area contributed by atoms with Crippen LogP contribution in [0.2, 0.25) is 0 Å². The number of ether oxygens (including phenoxy) is 2. The fourth-order valence-corrected chi connectivity index (χ4v) is 4.59. The lowest BCUT2D eigenvalue weighted by Gasteiger charge is -2.39. The summed E-state index contributed by atoms with van der Waals surface area (Å²) in [6, 6.07) is 2.16. The standard InChI is InChI=1S/C17H26N2O3S.C2HF3O2/c1-12-4-8-23-16(12)11-19-9-14(17(20)18-5-7-21-2)13-3-6-22-15(13)10-19;3-2(4,5)1(6)7/h4,8,13-15H,3,5-7,9-11H2,1-2H3,(H,18,20);(H,6,7)/t13-,14+,15+;/m0./s1. The van der Waals surface area contributed by atoms with Crippen molar-refractivity contribution in [1.82, 2.24) is 10.2 Å². The molecular formula is C19H27F3N2O5S. The summed E-state index contributed by atoms with van der Waals surface area (Å²) in [5, 5.41) is 12.3. The molecule has 0 bridgehead atoms. The van der Waals surface area contributed by atoms with Gasteiger partial charge in [0.25, 0.3) is 0 Å². The highest BCUT2D eigenvalue weighted by Gasteiger charge is 2.43. The molecule has 170 valence electrons. The van der Waals surface area contributed by atoms with Crippen molar-refractivity contribution in [2.45, 2.75) is 32.2 Å². The molecule has 11 heteroatoms. The predicted octanol–water partition coefficient (Wildman–Crippen LogP) is 2.29. The van der Waals surface area contributed by atoms with E-state index in [1.807, 2.05) is 0 Å². The number of carbonyl (C=O) groups is 2. The molecule has 1 amide bonds. The van der Waals surface area contributed by atoms with E-state index < -0.39 is 12.1 Å². The number of hydrogen-bond donors (Lipinski definition) is 2. The van der Waals surface area contributed by atoms with Crippen LogP contribution in [0.5, 0.6) is 0 Å². The first kappa shape index (κ1) is 24.6. The number of rotatable bonds is 6. The molecule has 2 aliphatic heterocycles. The van der Waals surface area contributed by atoms with Crippen LogP contribution in [0, 0.1) is 18.8 Å². The number of likely N-dealkylation sites (tertiary alicyclic amines) is 1. The fourth-order valence-electron chi connectivity index (χ4n) is 3.64. The zero-order valence-corrected chi connectivity index (χ0v) is 17.7. The number of aryl methyl sites for hydroxylation is 1. The van der Waals surface area contributed by atoms with E-state index >= 15 is 0 Å². The molecule has 0 spiro atoms. The summed E-state index contributed by atoms with van der Waals surface area (Å²) in [6.07, 6.45) is -3.89. The number of amides is 1. The molecule has 2 N–H and O–H groups in total. The number of thiophene rings is 1. The van der Waals surface area contributed by atoms with Crippen molar-refractivity contribution in [3.05, 3.63) is 21.9 Å². The monoisotopic (exact) mass is 452 g/mol. The second-order valence-electron chi connectivity index (χ2n) is 7.28. The lowest BCUT2D eigenvalue weighted by molar-refractivity contribution is -0.192. The normalized spacial score (nSPS) is 24.0. The van der Waals surface area contributed by atoms with Gasteiger partial charge in [-0.3, -0.25) is 9.69 Å². The summed E-state index contributed by atoms with van der Waals surface area (Å²) >= 11 is 1.80. The Morgan fingerprint density at radius 3 is 2.67 bits per heavy atom. The SMILES string of the molecule is COCCNC(=O)[C@@H]1CN(Cc2sccc2C)C[C@H]2OCC[C@H]21.O=C(O)C(F)(F)F. The minimum absolute atomic E-state index is 0.0216. The number of nitrogens with one attached hydrogen (secondary N) is 1. The van der Waals surface area contributed by atoms with Gasteiger partial charge in [0.05, 0.1) is 18.6 Å². The molecule has 30 heavy (non-hydrogen) atoms. The summed E-state index contributed by atoms with van der Waals surface area (Å²) in [7, 11) is 1.65. The molecule has 3 rings (SSSR count). The van der Waals surface area contributed by atoms with Gasteiger partial charge in [0.1, 0.15) is 0 Å². The molecule has 0 saturated carbocycles. The van der Waals surface area contributed by atoms with E-state index in [9.17, 15) is 18.0 Å². The van der Waals surface area contributed by atoms with Gasteiger partial charge < -0.3 is 19.9 Å². The smallest absolute Gasteiger partial charge is 0.475 e. The molecule has 0 aromatic carbocycles. The van der Waals surface area contributed by atoms with Crippen molar-refractivity contribution in [2.24, 2.45) is 11.8 Å². The number of carboxylic acid groups (broad SMARTS) is 1. The van der Waals surface area contributed by atoms with E-state index in [0.29, 0.717) is 19.1 Å². The topological polar surface area (TPSA) is 88.1 Å². The van der Waals surface area contributed by atoms with Crippen molar-refractivity contribution in [2.75, 3.05) is 40.0 Å². The van der Waals surface area contributed by atoms with Crippen molar-refractivity contribution >= 4 is 23.2 Å². The van der Waals surface area contributed by atoms with Gasteiger partial charge in [0, 0.05) is 50.7 Å². The molecule has 0 unspecified atom stereocenters. The van der Waals surface area contributed by atoms with Crippen molar-refractivity contribution in [3.8, 4) is 0 Å². The van der Waals surface area contributed by atoms with Gasteiger partial charge in [-0.1, -0.05) is 0 Å². The van der Waals surface area contributed by atoms with E-state index in [-0.39, 0.29) is 17.9 Å². The van der Waals surface area contributed by atoms with Crippen molar-refractivity contribution in [1.29, 1.82) is 0 Å². The van der Waals surface area contributed by atoms with Crippen molar-refractivity contribution < 1.29 is 37.3 Å². The van der Waals surface area contributed by atoms with Gasteiger partial charge in [-0.2, -0.15) is 13.2 Å². The molecular weight excluding hydrogens is 425 g/mol. The second kappa shape index (κ2) is 11.1. The second-order valence-corrected chi connectivity index (χ2v) is 8.28. The number of carbonyl (C=O) groups excluding carboxylic acids is 1. The molecule has 1 aromatic heterocycles. The highest BCUT2D eigenvalue weighted by Crippen LogP contribution is 2.35. The summed E-state index contributed by atoms with van der Waals surface area (Å²) in [5.41, 5.74) is 1.34. The lowest BCUT2D eigenvalue weighted by Crippen LogP contribution is -2.52. The van der Waals surface area contributed by atoms with Crippen LogP contribution in [0.1, 0.15) is 16.9 Å². The third-order valence-corrected chi connectivity index (χ3v) is 6.20. The third kappa shape index (κ3) is 6.93. The van der Waals surface area contributed by atoms with E-state index in [2.05, 4.69) is 28.6 Å². The Labute approximate surface area is 177 Å². The Hall–Kier alpha value is -1.69. The minimum atomic E-state index is -5.08. The average Bonchev–Trinajstić information content (AvgIpc) is 3.30. The zero-order valence-electron chi connectivity index (χ0n) is 16.9. The minimum Gasteiger partial charge on any atom is -0.475 e. The average molecular weight is 452 g/mol. The van der Waals surface area contributed by atoms with Crippen LogP contribution < -0.4 is 5.32 Å². The molecule has 7 nitrogen and oxygen atoms in total. The summed E-state index contributed by atoms with van der Waals surface area (Å²) in [4.78, 5) is 25.2. The number of carboxylic acids is 1. The third-order valence-electron chi connectivity index (χ3n) is 5.19. The van der Waals surface area contributed by atoms with Gasteiger partial charge in [0.2, 0.25) is 5.91 Å². The van der Waals surface area contributed by atoms with Gasteiger partial charge in [-0.05, 0) is 30.4 Å². The molecule has 0 aliphatic carbocycles. The van der Waals surface area contributed by atoms with E-state index in [4.69, 9.17) is 19.4 Å². The van der Waals surface area contributed by atoms with Crippen molar-refractivity contribution in [3.63, 3.8) is 0 Å². The number of alkyl halides is 3. The number of hydrogen-bond acceptors (Lipinski definition) is 6. The Morgan fingerprint density at radius 2 is 2.10 bits per heavy atom. The molecule has 2 aliphatic rings. The van der Waals surface area contributed by atoms with Crippen LogP contribution in [0.3, 0.4) is 0 Å².